The van der Waals surface area contributed by atoms with Crippen molar-refractivity contribution in [3.05, 3.63) is 140 Å². The van der Waals surface area contributed by atoms with Crippen molar-refractivity contribution in [1.29, 1.82) is 0 Å². The highest BCUT2D eigenvalue weighted by Gasteiger charge is 2.25. The fourth-order valence-electron chi connectivity index (χ4n) is 6.42. The number of fused-ring (bicyclic) bond motifs is 7. The van der Waals surface area contributed by atoms with Gasteiger partial charge in [0.1, 0.15) is 0 Å². The summed E-state index contributed by atoms with van der Waals surface area (Å²) in [4.78, 5) is 0. The first-order valence-corrected chi connectivity index (χ1v) is 13.3. The maximum absolute atomic E-state index is 2.58. The normalized spacial score (nSPS) is 15.3. The molecule has 38 heavy (non-hydrogen) atoms. The second kappa shape index (κ2) is 8.36. The van der Waals surface area contributed by atoms with Gasteiger partial charge in [-0.05, 0) is 42.3 Å². The molecule has 0 radical (unpaired) electrons. The van der Waals surface area contributed by atoms with E-state index < -0.39 is 0 Å². The molecule has 0 bridgehead atoms. The Kier molecular flexibility index (Phi) is 4.68. The van der Waals surface area contributed by atoms with Crippen molar-refractivity contribution in [3.8, 4) is 16.8 Å². The lowest BCUT2D eigenvalue weighted by molar-refractivity contribution is 0.648. The van der Waals surface area contributed by atoms with E-state index in [-0.39, 0.29) is 6.04 Å². The van der Waals surface area contributed by atoms with Gasteiger partial charge in [-0.25, -0.2) is 0 Å². The molecule has 180 valence electrons. The Balaban J connectivity index is 1.67. The van der Waals surface area contributed by atoms with E-state index in [1.165, 1.54) is 60.4 Å². The van der Waals surface area contributed by atoms with E-state index in [9.17, 15) is 0 Å². The van der Waals surface area contributed by atoms with Gasteiger partial charge in [0, 0.05) is 38.3 Å². The van der Waals surface area contributed by atoms with Crippen LogP contribution >= 0.6 is 0 Å². The van der Waals surface area contributed by atoms with Crippen LogP contribution in [0.4, 0.5) is 0 Å². The van der Waals surface area contributed by atoms with Crippen molar-refractivity contribution in [2.75, 3.05) is 0 Å². The fourth-order valence-corrected chi connectivity index (χ4v) is 6.42. The summed E-state index contributed by atoms with van der Waals surface area (Å²) in [6.45, 7) is 0. The molecule has 0 N–H and O–H groups in total. The molecule has 0 spiro atoms. The zero-order valence-electron chi connectivity index (χ0n) is 21.0. The quantitative estimate of drug-likeness (QED) is 0.235. The smallest absolute Gasteiger partial charge is 0.0641 e. The van der Waals surface area contributed by atoms with Crippen molar-refractivity contribution in [2.24, 2.45) is 0 Å². The first kappa shape index (κ1) is 21.3. The van der Waals surface area contributed by atoms with Crippen LogP contribution in [0.15, 0.2) is 140 Å². The largest absolute Gasteiger partial charge is 0.333 e. The zero-order chi connectivity index (χ0) is 25.1. The standard InChI is InChI=1S/C36H26N2/c1-4-14-25(15-5-1)30-24-31-28-20-10-12-22-32(28)37(26-16-6-2-7-17-26)36(31)34-29-21-11-13-23-33(29)38(35(30)34)27-18-8-3-9-19-27/h1-18,20-24,27H,19H2. The summed E-state index contributed by atoms with van der Waals surface area (Å²) in [5, 5.41) is 5.19. The molecule has 8 rings (SSSR count). The van der Waals surface area contributed by atoms with Gasteiger partial charge in [0.25, 0.3) is 0 Å². The molecule has 2 nitrogen and oxygen atoms in total. The molecule has 7 aromatic rings. The van der Waals surface area contributed by atoms with Crippen LogP contribution in [0.25, 0.3) is 60.4 Å². The molecule has 0 amide bonds. The molecule has 2 heterocycles. The van der Waals surface area contributed by atoms with Crippen molar-refractivity contribution in [1.82, 2.24) is 9.13 Å². The Labute approximate surface area is 221 Å². The summed E-state index contributed by atoms with van der Waals surface area (Å²) in [7, 11) is 0. The highest BCUT2D eigenvalue weighted by atomic mass is 15.0. The van der Waals surface area contributed by atoms with Crippen LogP contribution in [0.1, 0.15) is 12.5 Å². The number of nitrogens with zero attached hydrogens (tertiary/aromatic N) is 2. The third kappa shape index (κ3) is 3.01. The molecular formula is C36H26N2. The zero-order valence-corrected chi connectivity index (χ0v) is 21.0. The van der Waals surface area contributed by atoms with Crippen LogP contribution in [0.2, 0.25) is 0 Å². The molecule has 1 unspecified atom stereocenters. The highest BCUT2D eigenvalue weighted by Crippen LogP contribution is 2.46. The Hall–Kier alpha value is -4.82. The lowest BCUT2D eigenvalue weighted by atomic mass is 9.97. The average molecular weight is 487 g/mol. The van der Waals surface area contributed by atoms with E-state index in [1.54, 1.807) is 0 Å². The lowest BCUT2D eigenvalue weighted by Gasteiger charge is -2.20. The maximum atomic E-state index is 2.58. The summed E-state index contributed by atoms with van der Waals surface area (Å²) in [6.07, 6.45) is 9.97. The first-order chi connectivity index (χ1) is 18.9. The Morgan fingerprint density at radius 3 is 2.03 bits per heavy atom. The molecule has 0 aliphatic heterocycles. The van der Waals surface area contributed by atoms with E-state index in [0.29, 0.717) is 0 Å². The predicted molar refractivity (Wildman–Crippen MR) is 161 cm³/mol. The molecule has 1 aliphatic carbocycles. The molecule has 1 atom stereocenters. The highest BCUT2D eigenvalue weighted by molar-refractivity contribution is 6.28. The predicted octanol–water partition coefficient (Wildman–Crippen LogP) is 9.62. The van der Waals surface area contributed by atoms with Gasteiger partial charge in [0.2, 0.25) is 0 Å². The van der Waals surface area contributed by atoms with Crippen molar-refractivity contribution >= 4 is 43.6 Å². The van der Waals surface area contributed by atoms with Gasteiger partial charge in [0.15, 0.2) is 0 Å². The molecule has 0 saturated carbocycles. The lowest BCUT2D eigenvalue weighted by Crippen LogP contribution is -2.07. The topological polar surface area (TPSA) is 9.86 Å². The number of hydrogen-bond donors (Lipinski definition) is 0. The summed E-state index contributed by atoms with van der Waals surface area (Å²) in [6, 6.07) is 42.2. The van der Waals surface area contributed by atoms with Gasteiger partial charge < -0.3 is 9.13 Å². The second-order valence-electron chi connectivity index (χ2n) is 10.1. The third-order valence-electron chi connectivity index (χ3n) is 7.99. The molecule has 2 heteroatoms. The van der Waals surface area contributed by atoms with E-state index in [0.717, 1.165) is 6.42 Å². The van der Waals surface area contributed by atoms with Gasteiger partial charge in [-0.15, -0.1) is 0 Å². The van der Waals surface area contributed by atoms with Gasteiger partial charge in [-0.2, -0.15) is 0 Å². The van der Waals surface area contributed by atoms with Crippen LogP contribution in [-0.2, 0) is 0 Å². The number of allylic oxidation sites excluding steroid dienone is 4. The minimum Gasteiger partial charge on any atom is -0.333 e. The molecular weight excluding hydrogens is 460 g/mol. The average Bonchev–Trinajstić information content (AvgIpc) is 3.51. The van der Waals surface area contributed by atoms with Crippen LogP contribution < -0.4 is 0 Å². The Morgan fingerprint density at radius 1 is 0.579 bits per heavy atom. The van der Waals surface area contributed by atoms with E-state index in [4.69, 9.17) is 0 Å². The monoisotopic (exact) mass is 486 g/mol. The number of hydrogen-bond acceptors (Lipinski definition) is 0. The SMILES string of the molecule is C1=CCC(n2c3ccccc3c3c4c(cc(-c5ccccc5)c32)c2ccccc2n4-c2ccccc2)C=C1. The number of para-hydroxylation sites is 3. The second-order valence-corrected chi connectivity index (χ2v) is 10.1. The number of benzene rings is 5. The van der Waals surface area contributed by atoms with Crippen LogP contribution in [0.5, 0.6) is 0 Å². The Morgan fingerprint density at radius 2 is 1.26 bits per heavy atom. The van der Waals surface area contributed by atoms with Crippen LogP contribution in [0.3, 0.4) is 0 Å². The van der Waals surface area contributed by atoms with Crippen molar-refractivity contribution < 1.29 is 0 Å². The molecule has 0 saturated heterocycles. The van der Waals surface area contributed by atoms with Crippen molar-refractivity contribution in [2.45, 2.75) is 12.5 Å². The van der Waals surface area contributed by atoms with Gasteiger partial charge in [-0.1, -0.05) is 109 Å². The summed E-state index contributed by atoms with van der Waals surface area (Å²) in [5.74, 6) is 0. The van der Waals surface area contributed by atoms with Gasteiger partial charge in [0.05, 0.1) is 22.6 Å². The Bertz CT molecular complexity index is 2040. The first-order valence-electron chi connectivity index (χ1n) is 13.3. The summed E-state index contributed by atoms with van der Waals surface area (Å²) < 4.78 is 5.05. The van der Waals surface area contributed by atoms with E-state index in [1.807, 2.05) is 0 Å². The minimum absolute atomic E-state index is 0.261. The molecule has 1 aliphatic rings. The van der Waals surface area contributed by atoms with E-state index in [2.05, 4.69) is 149 Å². The number of rotatable bonds is 3. The minimum atomic E-state index is 0.261. The molecule has 2 aromatic heterocycles. The molecule has 0 fully saturated rings. The van der Waals surface area contributed by atoms with Gasteiger partial charge >= 0.3 is 0 Å². The van der Waals surface area contributed by atoms with Crippen molar-refractivity contribution in [3.63, 3.8) is 0 Å². The van der Waals surface area contributed by atoms with Crippen LogP contribution in [-0.4, -0.2) is 9.13 Å². The summed E-state index contributed by atoms with van der Waals surface area (Å²) >= 11 is 0. The number of aromatic nitrogens is 2. The summed E-state index contributed by atoms with van der Waals surface area (Å²) in [5.41, 5.74) is 8.80. The van der Waals surface area contributed by atoms with E-state index >= 15 is 0 Å². The molecule has 5 aromatic carbocycles. The van der Waals surface area contributed by atoms with Gasteiger partial charge in [-0.3, -0.25) is 0 Å². The fraction of sp³-hybridized carbons (Fsp3) is 0.0556. The third-order valence-corrected chi connectivity index (χ3v) is 7.99. The maximum Gasteiger partial charge on any atom is 0.0641 e. The van der Waals surface area contributed by atoms with Crippen LogP contribution in [0, 0.1) is 0 Å².